The first-order valence-electron chi connectivity index (χ1n) is 7.55. The van der Waals surface area contributed by atoms with E-state index in [2.05, 4.69) is 10.3 Å². The number of benzene rings is 1. The number of amides is 1. The van der Waals surface area contributed by atoms with Crippen molar-refractivity contribution >= 4 is 23.2 Å². The van der Waals surface area contributed by atoms with Crippen LogP contribution < -0.4 is 5.32 Å². The number of thiazole rings is 1. The van der Waals surface area contributed by atoms with Crippen LogP contribution >= 0.6 is 11.3 Å². The van der Waals surface area contributed by atoms with Crippen LogP contribution in [0.15, 0.2) is 29.6 Å². The maximum absolute atomic E-state index is 12.9. The van der Waals surface area contributed by atoms with Crippen LogP contribution in [0.25, 0.3) is 0 Å². The summed E-state index contributed by atoms with van der Waals surface area (Å²) in [5, 5.41) is 14.2. The van der Waals surface area contributed by atoms with Gasteiger partial charge in [-0.25, -0.2) is 14.2 Å². The van der Waals surface area contributed by atoms with Crippen molar-refractivity contribution < 1.29 is 19.1 Å². The van der Waals surface area contributed by atoms with Gasteiger partial charge >= 0.3 is 5.97 Å². The van der Waals surface area contributed by atoms with Gasteiger partial charge in [0, 0.05) is 11.8 Å². The van der Waals surface area contributed by atoms with Crippen molar-refractivity contribution in [3.8, 4) is 0 Å². The lowest BCUT2D eigenvalue weighted by molar-refractivity contribution is -0.143. The molecule has 0 aliphatic rings. The third-order valence-electron chi connectivity index (χ3n) is 3.46. The van der Waals surface area contributed by atoms with E-state index >= 15 is 0 Å². The summed E-state index contributed by atoms with van der Waals surface area (Å²) in [4.78, 5) is 27.5. The van der Waals surface area contributed by atoms with Gasteiger partial charge in [-0.2, -0.15) is 0 Å². The van der Waals surface area contributed by atoms with Crippen LogP contribution in [0.1, 0.15) is 30.1 Å². The Morgan fingerprint density at radius 3 is 2.54 bits per heavy atom. The summed E-state index contributed by atoms with van der Waals surface area (Å²) in [6.07, 6.45) is 0.604. The number of nitrogens with one attached hydrogen (secondary N) is 1. The van der Waals surface area contributed by atoms with E-state index in [-0.39, 0.29) is 24.1 Å². The zero-order chi connectivity index (χ0) is 17.7. The van der Waals surface area contributed by atoms with Crippen LogP contribution in [0.2, 0.25) is 0 Å². The van der Waals surface area contributed by atoms with Gasteiger partial charge in [-0.15, -0.1) is 11.3 Å². The lowest BCUT2D eigenvalue weighted by Crippen LogP contribution is -2.44. The highest BCUT2D eigenvalue weighted by atomic mass is 32.1. The van der Waals surface area contributed by atoms with Gasteiger partial charge in [0.05, 0.1) is 17.1 Å². The van der Waals surface area contributed by atoms with Crippen molar-refractivity contribution in [3.05, 3.63) is 51.7 Å². The minimum absolute atomic E-state index is 0.0381. The summed E-state index contributed by atoms with van der Waals surface area (Å²) in [6.45, 7) is 3.48. The number of halogens is 1. The molecule has 7 heteroatoms. The van der Waals surface area contributed by atoms with Crippen LogP contribution in [0.3, 0.4) is 0 Å². The molecule has 1 aromatic carbocycles. The number of carbonyl (C=O) groups is 2. The number of hydrogen-bond donors (Lipinski definition) is 2. The topological polar surface area (TPSA) is 79.3 Å². The first kappa shape index (κ1) is 18.1. The van der Waals surface area contributed by atoms with Gasteiger partial charge in [0.1, 0.15) is 11.9 Å². The standard InChI is InChI=1S/C17H19FN2O3S/c1-10(2)16(17(22)23)20-14(21)8-13-9-24-15(19-13)7-11-3-5-12(18)6-4-11/h3-6,9-10,16H,7-8H2,1-2H3,(H,20,21)(H,22,23)/t16-/m1/s1. The zero-order valence-electron chi connectivity index (χ0n) is 13.5. The molecule has 0 fully saturated rings. The monoisotopic (exact) mass is 350 g/mol. The summed E-state index contributed by atoms with van der Waals surface area (Å²) in [5.41, 5.74) is 1.54. The molecule has 128 valence electrons. The van der Waals surface area contributed by atoms with Crippen LogP contribution in [-0.4, -0.2) is 28.0 Å². The molecular weight excluding hydrogens is 331 g/mol. The van der Waals surface area contributed by atoms with Crippen LogP contribution in [-0.2, 0) is 22.4 Å². The number of carboxylic acid groups (broad SMARTS) is 1. The lowest BCUT2D eigenvalue weighted by atomic mass is 10.0. The Morgan fingerprint density at radius 2 is 1.96 bits per heavy atom. The largest absolute Gasteiger partial charge is 0.480 e. The second-order valence-corrected chi connectivity index (χ2v) is 6.78. The maximum atomic E-state index is 12.9. The molecule has 0 radical (unpaired) electrons. The minimum Gasteiger partial charge on any atom is -0.480 e. The molecule has 0 bridgehead atoms. The fourth-order valence-corrected chi connectivity index (χ4v) is 3.02. The van der Waals surface area contributed by atoms with E-state index in [1.807, 2.05) is 0 Å². The fourth-order valence-electron chi connectivity index (χ4n) is 2.19. The molecule has 24 heavy (non-hydrogen) atoms. The molecule has 0 spiro atoms. The van der Waals surface area contributed by atoms with Gasteiger partial charge < -0.3 is 10.4 Å². The van der Waals surface area contributed by atoms with Gasteiger partial charge in [0.15, 0.2) is 0 Å². The van der Waals surface area contributed by atoms with E-state index in [0.717, 1.165) is 10.6 Å². The maximum Gasteiger partial charge on any atom is 0.326 e. The Hall–Kier alpha value is -2.28. The first-order valence-corrected chi connectivity index (χ1v) is 8.43. The Balaban J connectivity index is 1.94. The Bertz CT molecular complexity index is 713. The van der Waals surface area contributed by atoms with Crippen molar-refractivity contribution in [1.29, 1.82) is 0 Å². The Kier molecular flexibility index (Phi) is 6.03. The smallest absolute Gasteiger partial charge is 0.326 e. The SMILES string of the molecule is CC(C)[C@@H](NC(=O)Cc1csc(Cc2ccc(F)cc2)n1)C(=O)O. The predicted octanol–water partition coefficient (Wildman–Crippen LogP) is 2.64. The molecule has 2 aromatic rings. The molecule has 1 heterocycles. The zero-order valence-corrected chi connectivity index (χ0v) is 14.3. The first-order chi connectivity index (χ1) is 11.3. The molecule has 2 N–H and O–H groups in total. The molecule has 1 atom stereocenters. The molecule has 0 aliphatic heterocycles. The summed E-state index contributed by atoms with van der Waals surface area (Å²) in [7, 11) is 0. The van der Waals surface area contributed by atoms with E-state index in [1.54, 1.807) is 31.4 Å². The number of carbonyl (C=O) groups excluding carboxylic acids is 1. The van der Waals surface area contributed by atoms with Gasteiger partial charge in [0.25, 0.3) is 0 Å². The number of aromatic nitrogens is 1. The predicted molar refractivity (Wildman–Crippen MR) is 89.4 cm³/mol. The van der Waals surface area contributed by atoms with Gasteiger partial charge in [-0.1, -0.05) is 26.0 Å². The summed E-state index contributed by atoms with van der Waals surface area (Å²) in [5.74, 6) is -1.90. The van der Waals surface area contributed by atoms with E-state index in [4.69, 9.17) is 5.11 Å². The normalized spacial score (nSPS) is 12.2. The van der Waals surface area contributed by atoms with Crippen molar-refractivity contribution in [2.75, 3.05) is 0 Å². The van der Waals surface area contributed by atoms with E-state index in [1.165, 1.54) is 23.5 Å². The second kappa shape index (κ2) is 8.01. The van der Waals surface area contributed by atoms with Crippen LogP contribution in [0, 0.1) is 11.7 Å². The highest BCUT2D eigenvalue weighted by molar-refractivity contribution is 7.09. The van der Waals surface area contributed by atoms with Gasteiger partial charge in [-0.3, -0.25) is 4.79 Å². The molecule has 1 amide bonds. The summed E-state index contributed by atoms with van der Waals surface area (Å²) >= 11 is 1.42. The summed E-state index contributed by atoms with van der Waals surface area (Å²) in [6, 6.07) is 5.28. The van der Waals surface area contributed by atoms with Crippen LogP contribution in [0.4, 0.5) is 4.39 Å². The number of aliphatic carboxylic acids is 1. The van der Waals surface area contributed by atoms with E-state index in [0.29, 0.717) is 12.1 Å². The number of nitrogens with zero attached hydrogens (tertiary/aromatic N) is 1. The fraction of sp³-hybridized carbons (Fsp3) is 0.353. The molecule has 0 saturated heterocycles. The number of carboxylic acids is 1. The highest BCUT2D eigenvalue weighted by Gasteiger charge is 2.23. The third kappa shape index (κ3) is 5.13. The van der Waals surface area contributed by atoms with Gasteiger partial charge in [0.2, 0.25) is 5.91 Å². The second-order valence-electron chi connectivity index (χ2n) is 5.84. The number of hydrogen-bond acceptors (Lipinski definition) is 4. The summed E-state index contributed by atoms with van der Waals surface area (Å²) < 4.78 is 12.9. The molecule has 0 unspecified atom stereocenters. The highest BCUT2D eigenvalue weighted by Crippen LogP contribution is 2.16. The third-order valence-corrected chi connectivity index (χ3v) is 4.36. The molecule has 0 saturated carbocycles. The number of rotatable bonds is 7. The Labute approximate surface area is 143 Å². The lowest BCUT2D eigenvalue weighted by Gasteiger charge is -2.17. The van der Waals surface area contributed by atoms with Crippen molar-refractivity contribution in [1.82, 2.24) is 10.3 Å². The van der Waals surface area contributed by atoms with E-state index in [9.17, 15) is 14.0 Å². The van der Waals surface area contributed by atoms with Crippen molar-refractivity contribution in [2.24, 2.45) is 5.92 Å². The minimum atomic E-state index is -1.05. The molecule has 0 aliphatic carbocycles. The molecule has 2 rings (SSSR count). The Morgan fingerprint density at radius 1 is 1.29 bits per heavy atom. The average Bonchev–Trinajstić information content (AvgIpc) is 2.93. The molecule has 5 nitrogen and oxygen atoms in total. The van der Waals surface area contributed by atoms with Crippen molar-refractivity contribution in [2.45, 2.75) is 32.7 Å². The average molecular weight is 350 g/mol. The van der Waals surface area contributed by atoms with Crippen LogP contribution in [0.5, 0.6) is 0 Å². The molecule has 1 aromatic heterocycles. The van der Waals surface area contributed by atoms with Crippen molar-refractivity contribution in [3.63, 3.8) is 0 Å². The molecular formula is C17H19FN2O3S. The van der Waals surface area contributed by atoms with Gasteiger partial charge in [-0.05, 0) is 23.6 Å². The van der Waals surface area contributed by atoms with E-state index < -0.39 is 12.0 Å². The quantitative estimate of drug-likeness (QED) is 0.805.